The molecule has 0 aliphatic rings. The zero-order chi connectivity index (χ0) is 8.27. The van der Waals surface area contributed by atoms with E-state index in [9.17, 15) is 0 Å². The molecule has 0 saturated carbocycles. The summed E-state index contributed by atoms with van der Waals surface area (Å²) in [5.74, 6) is 0. The van der Waals surface area contributed by atoms with E-state index in [1.165, 1.54) is 10.5 Å². The molecule has 58 valence electrons. The van der Waals surface area contributed by atoms with E-state index in [-0.39, 0.29) is 0 Å². The van der Waals surface area contributed by atoms with Crippen molar-refractivity contribution in [1.82, 2.24) is 0 Å². The molecule has 0 aliphatic heterocycles. The topological polar surface area (TPSA) is 0 Å². The van der Waals surface area contributed by atoms with Crippen molar-refractivity contribution in [2.75, 3.05) is 6.26 Å². The van der Waals surface area contributed by atoms with Crippen LogP contribution >= 0.6 is 11.8 Å². The summed E-state index contributed by atoms with van der Waals surface area (Å²) in [5, 5.41) is 0. The minimum Gasteiger partial charge on any atom is -0.130 e. The summed E-state index contributed by atoms with van der Waals surface area (Å²) >= 11 is 1.76. The molecule has 1 aromatic rings. The summed E-state index contributed by atoms with van der Waals surface area (Å²) in [4.78, 5) is 1.30. The van der Waals surface area contributed by atoms with Crippen LogP contribution in [-0.4, -0.2) is 6.26 Å². The zero-order valence-electron chi connectivity index (χ0n) is 6.92. The van der Waals surface area contributed by atoms with E-state index in [0.717, 1.165) is 5.57 Å². The lowest BCUT2D eigenvalue weighted by molar-refractivity contribution is 1.42. The zero-order valence-corrected chi connectivity index (χ0v) is 7.74. The summed E-state index contributed by atoms with van der Waals surface area (Å²) in [6.07, 6.45) is 2.08. The maximum Gasteiger partial charge on any atom is 0.00751 e. The average Bonchev–Trinajstić information content (AvgIpc) is 2.05. The van der Waals surface area contributed by atoms with Gasteiger partial charge in [0.2, 0.25) is 0 Å². The fourth-order valence-corrected chi connectivity index (χ4v) is 1.35. The van der Waals surface area contributed by atoms with Gasteiger partial charge in [-0.05, 0) is 30.9 Å². The number of benzene rings is 1. The molecule has 1 heteroatoms. The third kappa shape index (κ3) is 2.12. The van der Waals surface area contributed by atoms with E-state index < -0.39 is 0 Å². The van der Waals surface area contributed by atoms with Gasteiger partial charge in [0.25, 0.3) is 0 Å². The molecule has 0 aliphatic carbocycles. The van der Waals surface area contributed by atoms with Crippen molar-refractivity contribution >= 4 is 17.3 Å². The smallest absolute Gasteiger partial charge is 0.00751 e. The molecule has 11 heavy (non-hydrogen) atoms. The number of thioether (sulfide) groups is 1. The van der Waals surface area contributed by atoms with Gasteiger partial charge in [0.05, 0.1) is 0 Å². The standard InChI is InChI=1S/C10H12S/c1-8(2)9-5-4-6-10(7-9)11-3/h4-7H,1H2,2-3H3. The van der Waals surface area contributed by atoms with Crippen LogP contribution in [0.5, 0.6) is 0 Å². The van der Waals surface area contributed by atoms with E-state index in [2.05, 4.69) is 37.1 Å². The molecule has 0 heterocycles. The molecule has 1 aromatic carbocycles. The number of rotatable bonds is 2. The van der Waals surface area contributed by atoms with Gasteiger partial charge in [-0.1, -0.05) is 24.3 Å². The van der Waals surface area contributed by atoms with Gasteiger partial charge in [0.15, 0.2) is 0 Å². The van der Waals surface area contributed by atoms with Gasteiger partial charge in [-0.15, -0.1) is 11.8 Å². The first-order chi connectivity index (χ1) is 5.24. The van der Waals surface area contributed by atoms with Crippen LogP contribution in [0.15, 0.2) is 35.7 Å². The van der Waals surface area contributed by atoms with Gasteiger partial charge in [-0.3, -0.25) is 0 Å². The second-order valence-electron chi connectivity index (χ2n) is 2.51. The molecule has 0 nitrogen and oxygen atoms in total. The molecule has 0 amide bonds. The predicted octanol–water partition coefficient (Wildman–Crippen LogP) is 3.44. The molecule has 0 bridgehead atoms. The van der Waals surface area contributed by atoms with Gasteiger partial charge in [-0.25, -0.2) is 0 Å². The van der Waals surface area contributed by atoms with Crippen LogP contribution in [0.25, 0.3) is 5.57 Å². The van der Waals surface area contributed by atoms with E-state index in [1.807, 2.05) is 6.92 Å². The summed E-state index contributed by atoms with van der Waals surface area (Å²) < 4.78 is 0. The van der Waals surface area contributed by atoms with Crippen LogP contribution in [-0.2, 0) is 0 Å². The van der Waals surface area contributed by atoms with Gasteiger partial charge >= 0.3 is 0 Å². The molecule has 0 spiro atoms. The summed E-state index contributed by atoms with van der Waals surface area (Å²) in [6.45, 7) is 5.92. The lowest BCUT2D eigenvalue weighted by Crippen LogP contribution is -1.77. The van der Waals surface area contributed by atoms with Crippen molar-refractivity contribution in [3.8, 4) is 0 Å². The normalized spacial score (nSPS) is 9.64. The van der Waals surface area contributed by atoms with Crippen LogP contribution in [0, 0.1) is 0 Å². The van der Waals surface area contributed by atoms with Crippen molar-refractivity contribution in [3.05, 3.63) is 36.4 Å². The Bertz CT molecular complexity index is 263. The molecule has 0 unspecified atom stereocenters. The number of allylic oxidation sites excluding steroid dienone is 1. The molecule has 0 N–H and O–H groups in total. The third-order valence-corrected chi connectivity index (χ3v) is 2.29. The molecule has 0 saturated heterocycles. The maximum atomic E-state index is 3.89. The van der Waals surface area contributed by atoms with Crippen LogP contribution in [0.2, 0.25) is 0 Å². The van der Waals surface area contributed by atoms with Crippen LogP contribution in [0.4, 0.5) is 0 Å². The van der Waals surface area contributed by atoms with Gasteiger partial charge in [0, 0.05) is 4.90 Å². The first kappa shape index (κ1) is 8.41. The Morgan fingerprint density at radius 2 is 2.18 bits per heavy atom. The fourth-order valence-electron chi connectivity index (χ4n) is 0.889. The van der Waals surface area contributed by atoms with Crippen molar-refractivity contribution in [2.45, 2.75) is 11.8 Å². The van der Waals surface area contributed by atoms with Gasteiger partial charge in [0.1, 0.15) is 0 Å². The summed E-state index contributed by atoms with van der Waals surface area (Å²) in [7, 11) is 0. The Morgan fingerprint density at radius 1 is 1.45 bits per heavy atom. The van der Waals surface area contributed by atoms with Crippen molar-refractivity contribution < 1.29 is 0 Å². The average molecular weight is 164 g/mol. The first-order valence-corrected chi connectivity index (χ1v) is 4.76. The van der Waals surface area contributed by atoms with E-state index in [4.69, 9.17) is 0 Å². The Hall–Kier alpha value is -0.690. The monoisotopic (exact) mass is 164 g/mol. The molecule has 0 fully saturated rings. The molecule has 1 rings (SSSR count). The minimum atomic E-state index is 1.13. The van der Waals surface area contributed by atoms with E-state index >= 15 is 0 Å². The Morgan fingerprint density at radius 3 is 2.73 bits per heavy atom. The second-order valence-corrected chi connectivity index (χ2v) is 3.39. The number of hydrogen-bond acceptors (Lipinski definition) is 1. The van der Waals surface area contributed by atoms with Crippen LogP contribution < -0.4 is 0 Å². The Labute approximate surface area is 72.3 Å². The van der Waals surface area contributed by atoms with E-state index in [1.54, 1.807) is 11.8 Å². The van der Waals surface area contributed by atoms with Crippen molar-refractivity contribution in [1.29, 1.82) is 0 Å². The van der Waals surface area contributed by atoms with Gasteiger partial charge in [-0.2, -0.15) is 0 Å². The molecular weight excluding hydrogens is 152 g/mol. The second kappa shape index (κ2) is 3.63. The van der Waals surface area contributed by atoms with Crippen LogP contribution in [0.1, 0.15) is 12.5 Å². The predicted molar refractivity (Wildman–Crippen MR) is 52.9 cm³/mol. The highest BCUT2D eigenvalue weighted by molar-refractivity contribution is 7.98. The summed E-state index contributed by atoms with van der Waals surface area (Å²) in [6, 6.07) is 8.42. The highest BCUT2D eigenvalue weighted by Gasteiger charge is 1.93. The van der Waals surface area contributed by atoms with E-state index in [0.29, 0.717) is 0 Å². The molecule has 0 aromatic heterocycles. The number of hydrogen-bond donors (Lipinski definition) is 0. The Balaban J connectivity index is 3.01. The van der Waals surface area contributed by atoms with Crippen molar-refractivity contribution in [2.24, 2.45) is 0 Å². The minimum absolute atomic E-state index is 1.13. The third-order valence-electron chi connectivity index (χ3n) is 1.56. The lowest BCUT2D eigenvalue weighted by Gasteiger charge is -2.00. The fraction of sp³-hybridized carbons (Fsp3) is 0.200. The van der Waals surface area contributed by atoms with Crippen molar-refractivity contribution in [3.63, 3.8) is 0 Å². The maximum absolute atomic E-state index is 3.89. The summed E-state index contributed by atoms with van der Waals surface area (Å²) in [5.41, 5.74) is 2.36. The molecule has 0 radical (unpaired) electrons. The molecular formula is C10H12S. The largest absolute Gasteiger partial charge is 0.130 e. The highest BCUT2D eigenvalue weighted by atomic mass is 32.2. The van der Waals surface area contributed by atoms with Crippen LogP contribution in [0.3, 0.4) is 0 Å². The highest BCUT2D eigenvalue weighted by Crippen LogP contribution is 2.19. The quantitative estimate of drug-likeness (QED) is 0.603. The molecule has 0 atom stereocenters. The van der Waals surface area contributed by atoms with Gasteiger partial charge < -0.3 is 0 Å². The Kier molecular flexibility index (Phi) is 2.77. The lowest BCUT2D eigenvalue weighted by atomic mass is 10.1. The SMILES string of the molecule is C=C(C)c1cccc(SC)c1. The first-order valence-electron chi connectivity index (χ1n) is 3.54.